The van der Waals surface area contributed by atoms with Crippen molar-refractivity contribution in [1.29, 1.82) is 0 Å². The number of carbonyl (C=O) groups excluding carboxylic acids is 2. The van der Waals surface area contributed by atoms with Crippen LogP contribution in [0.25, 0.3) is 0 Å². The molecule has 2 amide bonds. The largest absolute Gasteiger partial charge is 0.484 e. The van der Waals surface area contributed by atoms with Crippen LogP contribution in [0, 0.1) is 0 Å². The second kappa shape index (κ2) is 7.72. The number of fused-ring (bicyclic) bond motifs is 1. The summed E-state index contributed by atoms with van der Waals surface area (Å²) in [4.78, 5) is 31.8. The zero-order chi connectivity index (χ0) is 19.7. The Morgan fingerprint density at radius 1 is 1.18 bits per heavy atom. The lowest BCUT2D eigenvalue weighted by molar-refractivity contribution is -0.134. The molecule has 0 atom stereocenters. The van der Waals surface area contributed by atoms with Gasteiger partial charge in [-0.2, -0.15) is 0 Å². The summed E-state index contributed by atoms with van der Waals surface area (Å²) in [6.45, 7) is 3.39. The first-order valence-electron chi connectivity index (χ1n) is 10.2. The number of para-hydroxylation sites is 1. The van der Waals surface area contributed by atoms with Crippen molar-refractivity contribution in [2.24, 2.45) is 0 Å². The maximum atomic E-state index is 13.2. The Labute approximate surface area is 165 Å². The number of ether oxygens (including phenoxy) is 1. The Balaban J connectivity index is 1.56. The first kappa shape index (κ1) is 19.2. The summed E-state index contributed by atoms with van der Waals surface area (Å²) in [7, 11) is 2.09. The molecule has 3 heterocycles. The molecular weight excluding hydrogens is 358 g/mol. The van der Waals surface area contributed by atoms with Crippen LogP contribution in [0.2, 0.25) is 0 Å². The SMILES string of the molecule is CN1CCC2(CC1)CN(CC(=O)N1CCC(O)CC1)C(=O)c1ccccc1O2. The third-order valence-corrected chi connectivity index (χ3v) is 6.25. The molecule has 0 aliphatic carbocycles. The van der Waals surface area contributed by atoms with Crippen LogP contribution >= 0.6 is 0 Å². The van der Waals surface area contributed by atoms with Gasteiger partial charge in [0.05, 0.1) is 18.2 Å². The molecular formula is C21H29N3O4. The number of hydrogen-bond donors (Lipinski definition) is 1. The lowest BCUT2D eigenvalue weighted by atomic mass is 9.90. The highest BCUT2D eigenvalue weighted by Gasteiger charge is 2.43. The average Bonchev–Trinajstić information content (AvgIpc) is 2.80. The number of rotatable bonds is 2. The number of aliphatic hydroxyl groups is 1. The number of benzene rings is 1. The van der Waals surface area contributed by atoms with Gasteiger partial charge in [-0.15, -0.1) is 0 Å². The fourth-order valence-electron chi connectivity index (χ4n) is 4.38. The van der Waals surface area contributed by atoms with Gasteiger partial charge in [-0.3, -0.25) is 9.59 Å². The fraction of sp³-hybridized carbons (Fsp3) is 0.619. The van der Waals surface area contributed by atoms with Gasteiger partial charge in [0, 0.05) is 39.0 Å². The Hall–Kier alpha value is -2.12. The smallest absolute Gasteiger partial charge is 0.258 e. The number of amides is 2. The van der Waals surface area contributed by atoms with E-state index < -0.39 is 5.60 Å². The van der Waals surface area contributed by atoms with Gasteiger partial charge in [0.2, 0.25) is 5.91 Å². The highest BCUT2D eigenvalue weighted by Crippen LogP contribution is 2.35. The number of likely N-dealkylation sites (tertiary alicyclic amines) is 2. The van der Waals surface area contributed by atoms with Gasteiger partial charge in [0.15, 0.2) is 0 Å². The molecule has 0 bridgehead atoms. The van der Waals surface area contributed by atoms with Crippen molar-refractivity contribution in [3.8, 4) is 5.75 Å². The zero-order valence-electron chi connectivity index (χ0n) is 16.5. The third kappa shape index (κ3) is 3.86. The average molecular weight is 387 g/mol. The number of aliphatic hydroxyl groups excluding tert-OH is 1. The molecule has 7 heteroatoms. The maximum Gasteiger partial charge on any atom is 0.258 e. The monoisotopic (exact) mass is 387 g/mol. The van der Waals surface area contributed by atoms with Gasteiger partial charge >= 0.3 is 0 Å². The Morgan fingerprint density at radius 3 is 2.57 bits per heavy atom. The van der Waals surface area contributed by atoms with E-state index in [0.29, 0.717) is 43.8 Å². The molecule has 2 saturated heterocycles. The van der Waals surface area contributed by atoms with Crippen molar-refractivity contribution in [3.63, 3.8) is 0 Å². The van der Waals surface area contributed by atoms with Gasteiger partial charge in [-0.1, -0.05) is 12.1 Å². The summed E-state index contributed by atoms with van der Waals surface area (Å²) in [5.74, 6) is 0.424. The van der Waals surface area contributed by atoms with Crippen molar-refractivity contribution in [1.82, 2.24) is 14.7 Å². The van der Waals surface area contributed by atoms with Crippen molar-refractivity contribution in [2.75, 3.05) is 46.3 Å². The molecule has 28 heavy (non-hydrogen) atoms. The lowest BCUT2D eigenvalue weighted by Gasteiger charge is -2.42. The van der Waals surface area contributed by atoms with Crippen LogP contribution in [0.3, 0.4) is 0 Å². The van der Waals surface area contributed by atoms with E-state index in [1.54, 1.807) is 15.9 Å². The van der Waals surface area contributed by atoms with Crippen molar-refractivity contribution in [2.45, 2.75) is 37.4 Å². The van der Waals surface area contributed by atoms with Crippen LogP contribution in [0.1, 0.15) is 36.0 Å². The predicted molar refractivity (Wildman–Crippen MR) is 104 cm³/mol. The summed E-state index contributed by atoms with van der Waals surface area (Å²) in [5.41, 5.74) is 0.0767. The van der Waals surface area contributed by atoms with Crippen LogP contribution in [-0.4, -0.2) is 89.6 Å². The minimum Gasteiger partial charge on any atom is -0.484 e. The fourth-order valence-corrected chi connectivity index (χ4v) is 4.38. The van der Waals surface area contributed by atoms with Crippen molar-refractivity contribution in [3.05, 3.63) is 29.8 Å². The minimum atomic E-state index is -0.451. The van der Waals surface area contributed by atoms with Gasteiger partial charge in [-0.25, -0.2) is 0 Å². The molecule has 0 unspecified atom stereocenters. The van der Waals surface area contributed by atoms with Crippen LogP contribution in [0.5, 0.6) is 5.75 Å². The molecule has 1 N–H and O–H groups in total. The first-order valence-corrected chi connectivity index (χ1v) is 10.2. The highest BCUT2D eigenvalue weighted by molar-refractivity contribution is 5.99. The third-order valence-electron chi connectivity index (χ3n) is 6.25. The van der Waals surface area contributed by atoms with Crippen molar-refractivity contribution >= 4 is 11.8 Å². The Kier molecular flexibility index (Phi) is 5.29. The second-order valence-electron chi connectivity index (χ2n) is 8.36. The minimum absolute atomic E-state index is 0.0530. The summed E-state index contributed by atoms with van der Waals surface area (Å²) in [5, 5.41) is 9.68. The quantitative estimate of drug-likeness (QED) is 0.819. The van der Waals surface area contributed by atoms with Crippen LogP contribution < -0.4 is 4.74 Å². The standard InChI is InChI=1S/C21H29N3O4/c1-22-12-8-21(9-13-22)15-24(14-19(26)23-10-6-16(25)7-11-23)20(27)17-4-2-3-5-18(17)28-21/h2-5,16,25H,6-15H2,1H3. The lowest BCUT2D eigenvalue weighted by Crippen LogP contribution is -2.55. The normalized spacial score (nSPS) is 23.3. The molecule has 2 fully saturated rings. The molecule has 0 aromatic heterocycles. The van der Waals surface area contributed by atoms with E-state index in [9.17, 15) is 14.7 Å². The molecule has 1 spiro atoms. The topological polar surface area (TPSA) is 73.3 Å². The molecule has 0 radical (unpaired) electrons. The summed E-state index contributed by atoms with van der Waals surface area (Å²) >= 11 is 0. The zero-order valence-corrected chi connectivity index (χ0v) is 16.5. The molecule has 4 rings (SSSR count). The van der Waals surface area contributed by atoms with E-state index in [4.69, 9.17) is 4.74 Å². The summed E-state index contributed by atoms with van der Waals surface area (Å²) in [6.07, 6.45) is 2.52. The maximum absolute atomic E-state index is 13.2. The molecule has 1 aromatic carbocycles. The first-order chi connectivity index (χ1) is 13.5. The molecule has 3 aliphatic heterocycles. The van der Waals surface area contributed by atoms with E-state index >= 15 is 0 Å². The molecule has 1 aromatic rings. The molecule has 152 valence electrons. The van der Waals surface area contributed by atoms with E-state index in [2.05, 4.69) is 11.9 Å². The molecule has 3 aliphatic rings. The summed E-state index contributed by atoms with van der Waals surface area (Å²) in [6, 6.07) is 7.35. The summed E-state index contributed by atoms with van der Waals surface area (Å²) < 4.78 is 6.43. The number of nitrogens with zero attached hydrogens (tertiary/aromatic N) is 3. The van der Waals surface area contributed by atoms with E-state index in [-0.39, 0.29) is 24.5 Å². The van der Waals surface area contributed by atoms with Crippen LogP contribution in [0.15, 0.2) is 24.3 Å². The highest BCUT2D eigenvalue weighted by atomic mass is 16.5. The van der Waals surface area contributed by atoms with Gasteiger partial charge < -0.3 is 24.5 Å². The van der Waals surface area contributed by atoms with E-state index in [0.717, 1.165) is 25.9 Å². The molecule has 0 saturated carbocycles. The van der Waals surface area contributed by atoms with Gasteiger partial charge in [0.1, 0.15) is 17.9 Å². The van der Waals surface area contributed by atoms with Crippen molar-refractivity contribution < 1.29 is 19.4 Å². The predicted octanol–water partition coefficient (Wildman–Crippen LogP) is 0.969. The molecule has 7 nitrogen and oxygen atoms in total. The Bertz CT molecular complexity index is 737. The Morgan fingerprint density at radius 2 is 1.86 bits per heavy atom. The van der Waals surface area contributed by atoms with Crippen LogP contribution in [-0.2, 0) is 4.79 Å². The van der Waals surface area contributed by atoms with E-state index in [1.807, 2.05) is 18.2 Å². The van der Waals surface area contributed by atoms with E-state index in [1.165, 1.54) is 0 Å². The second-order valence-corrected chi connectivity index (χ2v) is 8.36. The van der Waals surface area contributed by atoms with Gasteiger partial charge in [-0.05, 0) is 32.0 Å². The number of piperidine rings is 2. The number of hydrogen-bond acceptors (Lipinski definition) is 5. The van der Waals surface area contributed by atoms with Crippen LogP contribution in [0.4, 0.5) is 0 Å². The van der Waals surface area contributed by atoms with Gasteiger partial charge in [0.25, 0.3) is 5.91 Å². The number of carbonyl (C=O) groups is 2.